The second-order valence-corrected chi connectivity index (χ2v) is 4.76. The van der Waals surface area contributed by atoms with E-state index in [1.807, 2.05) is 36.5 Å². The Labute approximate surface area is 111 Å². The maximum Gasteiger partial charge on any atom is 0.253 e. The number of hydrogen-bond acceptors (Lipinski definition) is 3. The third kappa shape index (κ3) is 2.24. The van der Waals surface area contributed by atoms with E-state index in [0.717, 1.165) is 5.69 Å². The highest BCUT2D eigenvalue weighted by Crippen LogP contribution is 2.18. The number of amides is 1. The zero-order valence-corrected chi connectivity index (χ0v) is 10.4. The van der Waals surface area contributed by atoms with Gasteiger partial charge in [0, 0.05) is 43.6 Å². The summed E-state index contributed by atoms with van der Waals surface area (Å²) in [4.78, 5) is 13.9. The molecular weight excluding hydrogens is 242 g/mol. The fourth-order valence-electron chi connectivity index (χ4n) is 2.21. The highest BCUT2D eigenvalue weighted by atomic mass is 16.3. The van der Waals surface area contributed by atoms with Gasteiger partial charge in [0.2, 0.25) is 0 Å². The maximum absolute atomic E-state index is 12.1. The van der Waals surface area contributed by atoms with Crippen molar-refractivity contribution in [2.75, 3.05) is 19.7 Å². The molecule has 1 aromatic heterocycles. The Bertz CT molecular complexity index is 557. The van der Waals surface area contributed by atoms with Gasteiger partial charge in [-0.3, -0.25) is 4.79 Å². The van der Waals surface area contributed by atoms with Gasteiger partial charge in [0.05, 0.1) is 5.69 Å². The Kier molecular flexibility index (Phi) is 3.05. The molecule has 0 unspecified atom stereocenters. The highest BCUT2D eigenvalue weighted by molar-refractivity contribution is 5.94. The lowest BCUT2D eigenvalue weighted by atomic mass is 10.00. The Morgan fingerprint density at radius 2 is 2.05 bits per heavy atom. The van der Waals surface area contributed by atoms with Gasteiger partial charge in [-0.1, -0.05) is 0 Å². The first-order chi connectivity index (χ1) is 9.28. The van der Waals surface area contributed by atoms with E-state index in [-0.39, 0.29) is 18.4 Å². The minimum absolute atomic E-state index is 0.0247. The van der Waals surface area contributed by atoms with Gasteiger partial charge in [-0.05, 0) is 30.3 Å². The summed E-state index contributed by atoms with van der Waals surface area (Å²) in [6, 6.07) is 9.23. The van der Waals surface area contributed by atoms with Crippen LogP contribution in [0, 0.1) is 5.92 Å². The second kappa shape index (κ2) is 4.85. The molecule has 5 heteroatoms. The minimum atomic E-state index is 0.0247. The molecule has 1 aliphatic heterocycles. The molecule has 1 N–H and O–H groups in total. The number of aliphatic hydroxyl groups is 1. The molecule has 0 bridgehead atoms. The zero-order valence-electron chi connectivity index (χ0n) is 10.4. The predicted octanol–water partition coefficient (Wildman–Crippen LogP) is 0.937. The van der Waals surface area contributed by atoms with Gasteiger partial charge in [-0.2, -0.15) is 5.10 Å². The fourth-order valence-corrected chi connectivity index (χ4v) is 2.21. The molecule has 19 heavy (non-hydrogen) atoms. The summed E-state index contributed by atoms with van der Waals surface area (Å²) in [6.07, 6.45) is 3.58. The van der Waals surface area contributed by atoms with Gasteiger partial charge >= 0.3 is 0 Å². The van der Waals surface area contributed by atoms with Crippen LogP contribution in [0.2, 0.25) is 0 Å². The van der Waals surface area contributed by atoms with E-state index in [9.17, 15) is 4.79 Å². The van der Waals surface area contributed by atoms with Crippen LogP contribution in [-0.4, -0.2) is 45.4 Å². The van der Waals surface area contributed by atoms with Crippen LogP contribution in [0.4, 0.5) is 0 Å². The molecule has 0 saturated carbocycles. The number of aliphatic hydroxyl groups excluding tert-OH is 1. The van der Waals surface area contributed by atoms with Gasteiger partial charge < -0.3 is 10.0 Å². The van der Waals surface area contributed by atoms with Crippen molar-refractivity contribution in [2.45, 2.75) is 0 Å². The van der Waals surface area contributed by atoms with E-state index in [1.54, 1.807) is 15.8 Å². The van der Waals surface area contributed by atoms with Crippen LogP contribution in [0.5, 0.6) is 0 Å². The molecule has 2 heterocycles. The number of benzene rings is 1. The van der Waals surface area contributed by atoms with E-state index < -0.39 is 0 Å². The highest BCUT2D eigenvalue weighted by Gasteiger charge is 2.30. The largest absolute Gasteiger partial charge is 0.396 e. The van der Waals surface area contributed by atoms with Crippen LogP contribution in [0.15, 0.2) is 42.7 Å². The molecule has 1 aromatic carbocycles. The Balaban J connectivity index is 1.71. The first-order valence-corrected chi connectivity index (χ1v) is 6.28. The van der Waals surface area contributed by atoms with Crippen molar-refractivity contribution in [3.8, 4) is 5.69 Å². The third-order valence-electron chi connectivity index (χ3n) is 3.39. The van der Waals surface area contributed by atoms with E-state index in [2.05, 4.69) is 5.10 Å². The van der Waals surface area contributed by atoms with Crippen molar-refractivity contribution < 1.29 is 9.90 Å². The molecule has 0 aliphatic carbocycles. The van der Waals surface area contributed by atoms with Crippen LogP contribution in [0.1, 0.15) is 10.4 Å². The molecule has 1 saturated heterocycles. The minimum Gasteiger partial charge on any atom is -0.396 e. The standard InChI is InChI=1S/C14H15N3O2/c18-10-11-8-16(9-11)14(19)12-2-4-13(5-3-12)17-7-1-6-15-17/h1-7,11,18H,8-10H2. The summed E-state index contributed by atoms with van der Waals surface area (Å²) >= 11 is 0. The number of likely N-dealkylation sites (tertiary alicyclic amines) is 1. The normalized spacial score (nSPS) is 15.3. The molecule has 0 radical (unpaired) electrons. The van der Waals surface area contributed by atoms with Crippen LogP contribution in [0.3, 0.4) is 0 Å². The summed E-state index contributed by atoms with van der Waals surface area (Å²) in [5.74, 6) is 0.268. The lowest BCUT2D eigenvalue weighted by Crippen LogP contribution is -2.51. The fraction of sp³-hybridized carbons (Fsp3) is 0.286. The van der Waals surface area contributed by atoms with Gasteiger partial charge in [0.1, 0.15) is 0 Å². The van der Waals surface area contributed by atoms with Gasteiger partial charge in [0.25, 0.3) is 5.91 Å². The Morgan fingerprint density at radius 3 is 2.63 bits per heavy atom. The third-order valence-corrected chi connectivity index (χ3v) is 3.39. The SMILES string of the molecule is O=C(c1ccc(-n2cccn2)cc1)N1CC(CO)C1. The molecule has 5 nitrogen and oxygen atoms in total. The number of carbonyl (C=O) groups excluding carboxylic acids is 1. The molecule has 0 spiro atoms. The average Bonchev–Trinajstić information content (AvgIpc) is 2.91. The molecule has 0 atom stereocenters. The topological polar surface area (TPSA) is 58.4 Å². The predicted molar refractivity (Wildman–Crippen MR) is 70.0 cm³/mol. The molecule has 1 amide bonds. The smallest absolute Gasteiger partial charge is 0.253 e. The average molecular weight is 257 g/mol. The van der Waals surface area contributed by atoms with Crippen molar-refractivity contribution in [2.24, 2.45) is 5.92 Å². The number of hydrogen-bond donors (Lipinski definition) is 1. The summed E-state index contributed by atoms with van der Waals surface area (Å²) in [7, 11) is 0. The number of aromatic nitrogens is 2. The lowest BCUT2D eigenvalue weighted by Gasteiger charge is -2.38. The van der Waals surface area contributed by atoms with Crippen molar-refractivity contribution in [3.05, 3.63) is 48.3 Å². The monoisotopic (exact) mass is 257 g/mol. The molecule has 3 rings (SSSR count). The molecule has 98 valence electrons. The summed E-state index contributed by atoms with van der Waals surface area (Å²) in [5, 5.41) is 13.1. The summed E-state index contributed by atoms with van der Waals surface area (Å²) < 4.78 is 1.75. The van der Waals surface area contributed by atoms with Crippen LogP contribution < -0.4 is 0 Å². The second-order valence-electron chi connectivity index (χ2n) is 4.76. The van der Waals surface area contributed by atoms with Gasteiger partial charge in [-0.15, -0.1) is 0 Å². The quantitative estimate of drug-likeness (QED) is 0.890. The molecule has 1 fully saturated rings. The first kappa shape index (κ1) is 11.9. The number of carbonyl (C=O) groups is 1. The number of nitrogens with zero attached hydrogens (tertiary/aromatic N) is 3. The zero-order chi connectivity index (χ0) is 13.2. The van der Waals surface area contributed by atoms with Gasteiger partial charge in [0.15, 0.2) is 0 Å². The summed E-state index contributed by atoms with van der Waals surface area (Å²) in [5.41, 5.74) is 1.60. The van der Waals surface area contributed by atoms with Crippen LogP contribution >= 0.6 is 0 Å². The Hall–Kier alpha value is -2.14. The number of rotatable bonds is 3. The molecule has 1 aliphatic rings. The van der Waals surface area contributed by atoms with Crippen molar-refractivity contribution in [3.63, 3.8) is 0 Å². The maximum atomic E-state index is 12.1. The van der Waals surface area contributed by atoms with E-state index in [4.69, 9.17) is 5.11 Å². The van der Waals surface area contributed by atoms with E-state index in [1.165, 1.54) is 0 Å². The van der Waals surface area contributed by atoms with E-state index in [0.29, 0.717) is 18.7 Å². The van der Waals surface area contributed by atoms with Gasteiger partial charge in [-0.25, -0.2) is 4.68 Å². The van der Waals surface area contributed by atoms with Crippen molar-refractivity contribution >= 4 is 5.91 Å². The lowest BCUT2D eigenvalue weighted by molar-refractivity contribution is 0.0362. The first-order valence-electron chi connectivity index (χ1n) is 6.28. The summed E-state index contributed by atoms with van der Waals surface area (Å²) in [6.45, 7) is 1.45. The Morgan fingerprint density at radius 1 is 1.32 bits per heavy atom. The van der Waals surface area contributed by atoms with Crippen molar-refractivity contribution in [1.82, 2.24) is 14.7 Å². The molecule has 2 aromatic rings. The van der Waals surface area contributed by atoms with Crippen LogP contribution in [0.25, 0.3) is 5.69 Å². The van der Waals surface area contributed by atoms with Crippen molar-refractivity contribution in [1.29, 1.82) is 0 Å². The van der Waals surface area contributed by atoms with Crippen LogP contribution in [-0.2, 0) is 0 Å². The van der Waals surface area contributed by atoms with E-state index >= 15 is 0 Å². The molecular formula is C14H15N3O2.